The third-order valence-corrected chi connectivity index (χ3v) is 9.93. The highest BCUT2D eigenvalue weighted by Crippen LogP contribution is 2.64. The molecule has 164 valence electrons. The lowest BCUT2D eigenvalue weighted by Gasteiger charge is -2.55. The van der Waals surface area contributed by atoms with Gasteiger partial charge in [-0.2, -0.15) is 0 Å². The number of hydrogen-bond acceptors (Lipinski definition) is 3. The Labute approximate surface area is 181 Å². The molecular formula is C27H38O3. The number of rotatable bonds is 4. The van der Waals surface area contributed by atoms with Crippen molar-refractivity contribution in [1.29, 1.82) is 0 Å². The number of ketones is 1. The molecule has 30 heavy (non-hydrogen) atoms. The van der Waals surface area contributed by atoms with Gasteiger partial charge in [-0.3, -0.25) is 9.59 Å². The van der Waals surface area contributed by atoms with Gasteiger partial charge in [0.1, 0.15) is 6.10 Å². The van der Waals surface area contributed by atoms with Gasteiger partial charge in [-0.15, -0.1) is 0 Å². The molecule has 0 aromatic carbocycles. The van der Waals surface area contributed by atoms with E-state index in [1.54, 1.807) is 0 Å². The lowest BCUT2D eigenvalue weighted by Crippen LogP contribution is -2.50. The summed E-state index contributed by atoms with van der Waals surface area (Å²) in [5, 5.41) is 0. The zero-order valence-electron chi connectivity index (χ0n) is 18.8. The summed E-state index contributed by atoms with van der Waals surface area (Å²) >= 11 is 0. The zero-order chi connectivity index (χ0) is 20.9. The van der Waals surface area contributed by atoms with Crippen LogP contribution < -0.4 is 0 Å². The van der Waals surface area contributed by atoms with E-state index < -0.39 is 0 Å². The number of esters is 1. The summed E-state index contributed by atoms with van der Waals surface area (Å²) in [6.45, 7) is 4.78. The first kappa shape index (κ1) is 20.5. The molecule has 0 saturated heterocycles. The molecule has 3 fully saturated rings. The second-order valence-electron chi connectivity index (χ2n) is 11.4. The highest BCUT2D eigenvalue weighted by molar-refractivity contribution is 5.92. The molecule has 5 aliphatic rings. The van der Waals surface area contributed by atoms with Crippen LogP contribution in [0.5, 0.6) is 0 Å². The smallest absolute Gasteiger partial charge is 0.306 e. The Hall–Kier alpha value is -1.38. The average Bonchev–Trinajstić information content (AvgIpc) is 3.35. The summed E-state index contributed by atoms with van der Waals surface area (Å²) in [6.07, 6.45) is 19.7. The Morgan fingerprint density at radius 2 is 1.87 bits per heavy atom. The lowest BCUT2D eigenvalue weighted by molar-refractivity contribution is -0.158. The van der Waals surface area contributed by atoms with E-state index in [4.69, 9.17) is 4.74 Å². The van der Waals surface area contributed by atoms with Gasteiger partial charge in [0, 0.05) is 18.3 Å². The van der Waals surface area contributed by atoms with Crippen LogP contribution in [0.1, 0.15) is 90.9 Å². The zero-order valence-corrected chi connectivity index (χ0v) is 18.8. The van der Waals surface area contributed by atoms with E-state index in [1.807, 2.05) is 6.08 Å². The fourth-order valence-electron chi connectivity index (χ4n) is 7.98. The first-order chi connectivity index (χ1) is 14.4. The van der Waals surface area contributed by atoms with Crippen molar-refractivity contribution in [3.63, 3.8) is 0 Å². The molecule has 3 heteroatoms. The topological polar surface area (TPSA) is 43.4 Å². The summed E-state index contributed by atoms with van der Waals surface area (Å²) in [5.41, 5.74) is 1.51. The minimum absolute atomic E-state index is 0.0399. The second-order valence-corrected chi connectivity index (χ2v) is 11.4. The molecule has 0 N–H and O–H groups in total. The second kappa shape index (κ2) is 7.64. The van der Waals surface area contributed by atoms with Crippen molar-refractivity contribution in [1.82, 2.24) is 0 Å². The number of fused-ring (bicyclic) bond motifs is 5. The van der Waals surface area contributed by atoms with Crippen molar-refractivity contribution in [2.45, 2.75) is 97.0 Å². The highest BCUT2D eigenvalue weighted by atomic mass is 16.5. The molecule has 3 nitrogen and oxygen atoms in total. The third-order valence-electron chi connectivity index (χ3n) is 9.93. The fraction of sp³-hybridized carbons (Fsp3) is 0.778. The summed E-state index contributed by atoms with van der Waals surface area (Å²) in [5.74, 6) is 2.85. The predicted molar refractivity (Wildman–Crippen MR) is 118 cm³/mol. The Morgan fingerprint density at radius 3 is 2.67 bits per heavy atom. The Bertz CT molecular complexity index is 773. The Morgan fingerprint density at radius 1 is 1.07 bits per heavy atom. The molecule has 0 spiro atoms. The number of carbonyl (C=O) groups is 2. The molecule has 0 bridgehead atoms. The van der Waals surface area contributed by atoms with E-state index in [0.717, 1.165) is 38.0 Å². The normalized spacial score (nSPS) is 43.0. The Kier molecular flexibility index (Phi) is 5.22. The van der Waals surface area contributed by atoms with Gasteiger partial charge in [0.15, 0.2) is 5.78 Å². The molecule has 0 heterocycles. The molecule has 3 saturated carbocycles. The SMILES string of the molecule is C[C@]12CC[C@H]3[C@@H](C=CC4=CC(=O)CC[C@@]43C)[C@@H]1CC[C@H]2OC(=O)CCC1CCCC1. The molecule has 0 aliphatic heterocycles. The van der Waals surface area contributed by atoms with Gasteiger partial charge >= 0.3 is 5.97 Å². The van der Waals surface area contributed by atoms with Crippen molar-refractivity contribution >= 4 is 11.8 Å². The maximum Gasteiger partial charge on any atom is 0.306 e. The van der Waals surface area contributed by atoms with Gasteiger partial charge in [-0.1, -0.05) is 51.7 Å². The van der Waals surface area contributed by atoms with E-state index in [1.165, 1.54) is 37.7 Å². The van der Waals surface area contributed by atoms with Crippen LogP contribution in [0.2, 0.25) is 0 Å². The van der Waals surface area contributed by atoms with Crippen molar-refractivity contribution in [3.05, 3.63) is 23.8 Å². The Balaban J connectivity index is 1.28. The molecule has 0 amide bonds. The van der Waals surface area contributed by atoms with Crippen molar-refractivity contribution in [3.8, 4) is 0 Å². The van der Waals surface area contributed by atoms with Gasteiger partial charge in [-0.05, 0) is 79.3 Å². The van der Waals surface area contributed by atoms with Crippen LogP contribution >= 0.6 is 0 Å². The van der Waals surface area contributed by atoms with Gasteiger partial charge in [0.05, 0.1) is 0 Å². The molecule has 0 aromatic rings. The van der Waals surface area contributed by atoms with Gasteiger partial charge in [0.25, 0.3) is 0 Å². The molecular weight excluding hydrogens is 372 g/mol. The minimum atomic E-state index is 0.0399. The number of hydrogen-bond donors (Lipinski definition) is 0. The predicted octanol–water partition coefficient (Wildman–Crippen LogP) is 6.18. The molecule has 6 atom stereocenters. The first-order valence-corrected chi connectivity index (χ1v) is 12.5. The van der Waals surface area contributed by atoms with Crippen LogP contribution in [0.3, 0.4) is 0 Å². The van der Waals surface area contributed by atoms with Crippen LogP contribution in [0.4, 0.5) is 0 Å². The van der Waals surface area contributed by atoms with Crippen LogP contribution in [0.15, 0.2) is 23.8 Å². The van der Waals surface area contributed by atoms with Crippen molar-refractivity contribution in [2.75, 3.05) is 0 Å². The summed E-state index contributed by atoms with van der Waals surface area (Å²) in [7, 11) is 0. The highest BCUT2D eigenvalue weighted by Gasteiger charge is 2.59. The van der Waals surface area contributed by atoms with Crippen LogP contribution in [0.25, 0.3) is 0 Å². The minimum Gasteiger partial charge on any atom is -0.462 e. The number of ether oxygens (including phenoxy) is 1. The van der Waals surface area contributed by atoms with E-state index in [9.17, 15) is 9.59 Å². The lowest BCUT2D eigenvalue weighted by atomic mass is 9.49. The standard InChI is InChI=1S/C27H38O3/c1-26-15-13-20(28)17-19(26)8-9-21-22-10-11-24(27(22,2)16-14-23(21)26)30-25(29)12-7-18-5-3-4-6-18/h8-9,17-18,21-24H,3-7,10-16H2,1-2H3/t21-,22-,23-,24+,26-,27-/m0/s1. The maximum absolute atomic E-state index is 12.6. The van der Waals surface area contributed by atoms with Crippen LogP contribution in [-0.4, -0.2) is 17.9 Å². The number of allylic oxidation sites excluding steroid dienone is 4. The fourth-order valence-corrected chi connectivity index (χ4v) is 7.98. The summed E-state index contributed by atoms with van der Waals surface area (Å²) < 4.78 is 6.15. The largest absolute Gasteiger partial charge is 0.462 e. The van der Waals surface area contributed by atoms with E-state index in [2.05, 4.69) is 26.0 Å². The van der Waals surface area contributed by atoms with Crippen LogP contribution in [-0.2, 0) is 14.3 Å². The van der Waals surface area contributed by atoms with E-state index in [0.29, 0.717) is 30.6 Å². The summed E-state index contributed by atoms with van der Waals surface area (Å²) in [6, 6.07) is 0. The van der Waals surface area contributed by atoms with Crippen molar-refractivity contribution < 1.29 is 14.3 Å². The number of carbonyl (C=O) groups excluding carboxylic acids is 2. The maximum atomic E-state index is 12.6. The van der Waals surface area contributed by atoms with E-state index in [-0.39, 0.29) is 28.7 Å². The van der Waals surface area contributed by atoms with Crippen LogP contribution in [0, 0.1) is 34.5 Å². The van der Waals surface area contributed by atoms with Crippen molar-refractivity contribution in [2.24, 2.45) is 34.5 Å². The molecule has 0 unspecified atom stereocenters. The first-order valence-electron chi connectivity index (χ1n) is 12.5. The molecule has 0 radical (unpaired) electrons. The van der Waals surface area contributed by atoms with Gasteiger partial charge in [-0.25, -0.2) is 0 Å². The molecule has 0 aromatic heterocycles. The quantitative estimate of drug-likeness (QED) is 0.520. The van der Waals surface area contributed by atoms with Gasteiger partial charge in [0.2, 0.25) is 0 Å². The molecule has 5 aliphatic carbocycles. The molecule has 5 rings (SSSR count). The monoisotopic (exact) mass is 410 g/mol. The average molecular weight is 411 g/mol. The third kappa shape index (κ3) is 3.31. The van der Waals surface area contributed by atoms with Gasteiger partial charge < -0.3 is 4.74 Å². The summed E-state index contributed by atoms with van der Waals surface area (Å²) in [4.78, 5) is 24.6. The van der Waals surface area contributed by atoms with E-state index >= 15 is 0 Å².